The SMILES string of the molecule is NC(=S)N/N=C/CO[C@@H]1O[C@H](CO)[C@@H](O)[C@H](O)[C@H]1O. The van der Waals surface area contributed by atoms with E-state index in [0.717, 1.165) is 0 Å². The number of thiocarbonyl (C=S) groups is 1. The molecule has 110 valence electrons. The number of rotatable bonds is 5. The molecule has 10 heteroatoms. The van der Waals surface area contributed by atoms with Gasteiger partial charge < -0.3 is 35.6 Å². The van der Waals surface area contributed by atoms with Crippen molar-refractivity contribution in [2.45, 2.75) is 30.7 Å². The summed E-state index contributed by atoms with van der Waals surface area (Å²) in [5.41, 5.74) is 7.42. The van der Waals surface area contributed by atoms with Crippen molar-refractivity contribution in [3.63, 3.8) is 0 Å². The number of hydrogen-bond acceptors (Lipinski definition) is 8. The van der Waals surface area contributed by atoms with E-state index in [4.69, 9.17) is 20.3 Å². The number of hydrazone groups is 1. The number of aliphatic hydroxyl groups is 4. The lowest BCUT2D eigenvalue weighted by atomic mass is 9.99. The van der Waals surface area contributed by atoms with Gasteiger partial charge in [0.15, 0.2) is 11.4 Å². The van der Waals surface area contributed by atoms with Gasteiger partial charge in [0.05, 0.1) is 19.4 Å². The Morgan fingerprint density at radius 3 is 2.63 bits per heavy atom. The van der Waals surface area contributed by atoms with E-state index in [0.29, 0.717) is 0 Å². The molecule has 0 aliphatic carbocycles. The van der Waals surface area contributed by atoms with Crippen LogP contribution in [-0.2, 0) is 9.47 Å². The summed E-state index contributed by atoms with van der Waals surface area (Å²) in [6.07, 6.45) is -5.23. The van der Waals surface area contributed by atoms with Crippen LogP contribution in [0.2, 0.25) is 0 Å². The molecule has 0 spiro atoms. The molecule has 0 aromatic carbocycles. The van der Waals surface area contributed by atoms with E-state index >= 15 is 0 Å². The molecule has 5 atom stereocenters. The Labute approximate surface area is 114 Å². The van der Waals surface area contributed by atoms with Crippen molar-refractivity contribution in [2.24, 2.45) is 10.8 Å². The number of nitrogens with one attached hydrogen (secondary N) is 1. The summed E-state index contributed by atoms with van der Waals surface area (Å²) in [6, 6.07) is 0. The normalized spacial score (nSPS) is 35.5. The zero-order chi connectivity index (χ0) is 14.4. The Bertz CT molecular complexity index is 329. The molecule has 0 unspecified atom stereocenters. The topological polar surface area (TPSA) is 150 Å². The lowest BCUT2D eigenvalue weighted by Crippen LogP contribution is -2.59. The zero-order valence-corrected chi connectivity index (χ0v) is 10.7. The highest BCUT2D eigenvalue weighted by molar-refractivity contribution is 7.80. The van der Waals surface area contributed by atoms with Crippen LogP contribution in [0.4, 0.5) is 0 Å². The van der Waals surface area contributed by atoms with Crippen molar-refractivity contribution >= 4 is 23.5 Å². The summed E-state index contributed by atoms with van der Waals surface area (Å²) in [5, 5.41) is 41.2. The van der Waals surface area contributed by atoms with Gasteiger partial charge in [-0.1, -0.05) is 0 Å². The van der Waals surface area contributed by atoms with Gasteiger partial charge in [-0.25, -0.2) is 0 Å². The van der Waals surface area contributed by atoms with E-state index in [2.05, 4.69) is 22.7 Å². The molecule has 0 saturated carbocycles. The van der Waals surface area contributed by atoms with Crippen molar-refractivity contribution in [1.29, 1.82) is 0 Å². The van der Waals surface area contributed by atoms with Gasteiger partial charge in [0, 0.05) is 0 Å². The maximum atomic E-state index is 9.62. The molecule has 1 aliphatic rings. The molecular formula is C9H17N3O6S. The van der Waals surface area contributed by atoms with E-state index < -0.39 is 37.3 Å². The van der Waals surface area contributed by atoms with E-state index in [-0.39, 0.29) is 11.7 Å². The van der Waals surface area contributed by atoms with Gasteiger partial charge in [0.25, 0.3) is 0 Å². The highest BCUT2D eigenvalue weighted by Crippen LogP contribution is 2.21. The number of hydrogen-bond donors (Lipinski definition) is 6. The van der Waals surface area contributed by atoms with Gasteiger partial charge in [0.1, 0.15) is 24.4 Å². The number of nitrogens with two attached hydrogens (primary N) is 1. The average Bonchev–Trinajstić information content (AvgIpc) is 2.37. The fourth-order valence-corrected chi connectivity index (χ4v) is 1.54. The van der Waals surface area contributed by atoms with Crippen molar-refractivity contribution < 1.29 is 29.9 Å². The van der Waals surface area contributed by atoms with Crippen LogP contribution in [0.3, 0.4) is 0 Å². The highest BCUT2D eigenvalue weighted by Gasteiger charge is 2.43. The minimum absolute atomic E-state index is 0.0101. The number of aliphatic hydroxyl groups excluding tert-OH is 4. The lowest BCUT2D eigenvalue weighted by molar-refractivity contribution is -0.297. The summed E-state index contributed by atoms with van der Waals surface area (Å²) in [5.74, 6) is 0. The van der Waals surface area contributed by atoms with E-state index in [9.17, 15) is 15.3 Å². The fourth-order valence-electron chi connectivity index (χ4n) is 1.49. The second-order valence-electron chi connectivity index (χ2n) is 3.82. The Morgan fingerprint density at radius 2 is 2.05 bits per heavy atom. The minimum atomic E-state index is -1.47. The van der Waals surface area contributed by atoms with Crippen LogP contribution in [0.15, 0.2) is 5.10 Å². The molecular weight excluding hydrogens is 278 g/mol. The predicted octanol–water partition coefficient (Wildman–Crippen LogP) is -3.38. The quantitative estimate of drug-likeness (QED) is 0.173. The van der Waals surface area contributed by atoms with Gasteiger partial charge >= 0.3 is 0 Å². The van der Waals surface area contributed by atoms with Crippen molar-refractivity contribution in [3.8, 4) is 0 Å². The Morgan fingerprint density at radius 1 is 1.37 bits per heavy atom. The molecule has 1 heterocycles. The molecule has 1 fully saturated rings. The third-order valence-electron chi connectivity index (χ3n) is 2.45. The molecule has 7 N–H and O–H groups in total. The second kappa shape index (κ2) is 7.65. The van der Waals surface area contributed by atoms with Gasteiger partial charge in [-0.15, -0.1) is 0 Å². The standard InChI is InChI=1S/C9H17N3O6S/c10-9(19)12-11-1-2-17-8-7(16)6(15)5(14)4(3-13)18-8/h1,4-8,13-16H,2-3H2,(H3,10,12,19)/b11-1+/t4-,5-,6+,7-,8-/m1/s1. The van der Waals surface area contributed by atoms with Crippen LogP contribution in [0, 0.1) is 0 Å². The Balaban J connectivity index is 2.44. The minimum Gasteiger partial charge on any atom is -0.394 e. The van der Waals surface area contributed by atoms with Crippen LogP contribution >= 0.6 is 12.2 Å². The summed E-state index contributed by atoms with van der Waals surface area (Å²) < 4.78 is 10.2. The van der Waals surface area contributed by atoms with Crippen LogP contribution in [0.25, 0.3) is 0 Å². The van der Waals surface area contributed by atoms with Crippen LogP contribution in [0.1, 0.15) is 0 Å². The molecule has 0 aromatic rings. The summed E-state index contributed by atoms with van der Waals surface area (Å²) >= 11 is 4.51. The van der Waals surface area contributed by atoms with Gasteiger partial charge in [0.2, 0.25) is 0 Å². The van der Waals surface area contributed by atoms with Crippen LogP contribution in [0.5, 0.6) is 0 Å². The monoisotopic (exact) mass is 295 g/mol. The lowest BCUT2D eigenvalue weighted by Gasteiger charge is -2.39. The molecule has 0 aromatic heterocycles. The van der Waals surface area contributed by atoms with Crippen molar-refractivity contribution in [3.05, 3.63) is 0 Å². The first-order valence-corrected chi connectivity index (χ1v) is 5.87. The smallest absolute Gasteiger partial charge is 0.187 e. The fraction of sp³-hybridized carbons (Fsp3) is 0.778. The van der Waals surface area contributed by atoms with E-state index in [1.165, 1.54) is 6.21 Å². The molecule has 19 heavy (non-hydrogen) atoms. The van der Waals surface area contributed by atoms with Gasteiger partial charge in [-0.05, 0) is 12.2 Å². The van der Waals surface area contributed by atoms with Crippen LogP contribution < -0.4 is 11.2 Å². The first kappa shape index (κ1) is 16.2. The predicted molar refractivity (Wildman–Crippen MR) is 68.1 cm³/mol. The van der Waals surface area contributed by atoms with Crippen molar-refractivity contribution in [1.82, 2.24) is 5.43 Å². The maximum Gasteiger partial charge on any atom is 0.187 e. The molecule has 1 saturated heterocycles. The first-order valence-electron chi connectivity index (χ1n) is 5.46. The van der Waals surface area contributed by atoms with Crippen molar-refractivity contribution in [2.75, 3.05) is 13.2 Å². The summed E-state index contributed by atoms with van der Waals surface area (Å²) in [4.78, 5) is 0. The summed E-state index contributed by atoms with van der Waals surface area (Å²) in [6.45, 7) is -0.569. The zero-order valence-electron chi connectivity index (χ0n) is 9.92. The van der Waals surface area contributed by atoms with Gasteiger partial charge in [-0.2, -0.15) is 5.10 Å². The first-order chi connectivity index (χ1) is 8.97. The van der Waals surface area contributed by atoms with E-state index in [1.807, 2.05) is 0 Å². The molecule has 0 bridgehead atoms. The summed E-state index contributed by atoms with van der Waals surface area (Å²) in [7, 11) is 0. The number of ether oxygens (including phenoxy) is 2. The molecule has 1 rings (SSSR count). The number of nitrogens with zero attached hydrogens (tertiary/aromatic N) is 1. The molecule has 0 amide bonds. The largest absolute Gasteiger partial charge is 0.394 e. The molecule has 1 aliphatic heterocycles. The van der Waals surface area contributed by atoms with Gasteiger partial charge in [-0.3, -0.25) is 5.43 Å². The Kier molecular flexibility index (Phi) is 6.51. The second-order valence-corrected chi connectivity index (χ2v) is 4.26. The molecule has 0 radical (unpaired) electrons. The average molecular weight is 295 g/mol. The highest BCUT2D eigenvalue weighted by atomic mass is 32.1. The van der Waals surface area contributed by atoms with E-state index in [1.54, 1.807) is 0 Å². The third-order valence-corrected chi connectivity index (χ3v) is 2.54. The third kappa shape index (κ3) is 4.62. The van der Waals surface area contributed by atoms with Crippen LogP contribution in [-0.4, -0.2) is 75.7 Å². The maximum absolute atomic E-state index is 9.62. The Hall–Kier alpha value is -0.880. The molecule has 9 nitrogen and oxygen atoms in total.